The van der Waals surface area contributed by atoms with Gasteiger partial charge in [0.25, 0.3) is 0 Å². The van der Waals surface area contributed by atoms with Crippen LogP contribution in [0.2, 0.25) is 0 Å². The standard InChI is InChI=1S/C23H23F3N2/c1-2-14-28-22(21-13-6-7-15-27-21,17-18-9-4-3-5-10-18)19-11-8-12-20(16-19)23(24,25)26/h3-13,15-16,28H,2,14,17H2,1H3. The molecule has 0 spiro atoms. The molecule has 3 aromatic rings. The quantitative estimate of drug-likeness (QED) is 0.575. The van der Waals surface area contributed by atoms with Crippen LogP contribution in [-0.2, 0) is 18.1 Å². The topological polar surface area (TPSA) is 24.9 Å². The first kappa shape index (κ1) is 20.1. The number of benzene rings is 2. The van der Waals surface area contributed by atoms with E-state index < -0.39 is 17.3 Å². The van der Waals surface area contributed by atoms with Gasteiger partial charge in [0.1, 0.15) is 0 Å². The van der Waals surface area contributed by atoms with Crippen LogP contribution in [0.1, 0.15) is 35.7 Å². The minimum absolute atomic E-state index is 0.492. The Hall–Kier alpha value is -2.66. The van der Waals surface area contributed by atoms with Gasteiger partial charge in [-0.15, -0.1) is 0 Å². The van der Waals surface area contributed by atoms with Gasteiger partial charge >= 0.3 is 6.18 Å². The van der Waals surface area contributed by atoms with Crippen molar-refractivity contribution in [1.29, 1.82) is 0 Å². The maximum atomic E-state index is 13.4. The summed E-state index contributed by atoms with van der Waals surface area (Å²) in [4.78, 5) is 4.52. The lowest BCUT2D eigenvalue weighted by atomic mass is 9.79. The molecule has 2 aromatic carbocycles. The SMILES string of the molecule is CCCNC(Cc1ccccc1)(c1cccc(C(F)(F)F)c1)c1ccccn1. The molecule has 0 saturated carbocycles. The summed E-state index contributed by atoms with van der Waals surface area (Å²) in [5.41, 5.74) is 0.760. The van der Waals surface area contributed by atoms with Gasteiger partial charge in [-0.1, -0.05) is 55.5 Å². The van der Waals surface area contributed by atoms with E-state index in [1.54, 1.807) is 12.3 Å². The molecule has 0 amide bonds. The predicted octanol–water partition coefficient (Wildman–Crippen LogP) is 5.59. The van der Waals surface area contributed by atoms with Crippen molar-refractivity contribution < 1.29 is 13.2 Å². The molecule has 0 radical (unpaired) electrons. The second-order valence-electron chi connectivity index (χ2n) is 6.79. The van der Waals surface area contributed by atoms with E-state index in [4.69, 9.17) is 0 Å². The lowest BCUT2D eigenvalue weighted by molar-refractivity contribution is -0.137. The summed E-state index contributed by atoms with van der Waals surface area (Å²) in [6.45, 7) is 2.69. The summed E-state index contributed by atoms with van der Waals surface area (Å²) in [6, 6.07) is 20.9. The average Bonchev–Trinajstić information content (AvgIpc) is 2.72. The fraction of sp³-hybridized carbons (Fsp3) is 0.261. The highest BCUT2D eigenvalue weighted by molar-refractivity contribution is 5.40. The summed E-state index contributed by atoms with van der Waals surface area (Å²) in [7, 11) is 0. The van der Waals surface area contributed by atoms with Crippen molar-refractivity contribution >= 4 is 0 Å². The Morgan fingerprint density at radius 2 is 1.57 bits per heavy atom. The molecule has 0 bridgehead atoms. The number of halogens is 3. The molecule has 0 aliphatic rings. The Morgan fingerprint density at radius 1 is 0.857 bits per heavy atom. The number of rotatable bonds is 7. The second-order valence-corrected chi connectivity index (χ2v) is 6.79. The number of alkyl halides is 3. The largest absolute Gasteiger partial charge is 0.416 e. The molecule has 0 saturated heterocycles. The molecule has 1 N–H and O–H groups in total. The second kappa shape index (κ2) is 8.57. The Kier molecular flexibility index (Phi) is 6.15. The van der Waals surface area contributed by atoms with Gasteiger partial charge in [-0.25, -0.2) is 0 Å². The third-order valence-corrected chi connectivity index (χ3v) is 4.77. The summed E-state index contributed by atoms with van der Waals surface area (Å²) in [6.07, 6.45) is -1.38. The highest BCUT2D eigenvalue weighted by atomic mass is 19.4. The van der Waals surface area contributed by atoms with Crippen LogP contribution in [0.15, 0.2) is 79.0 Å². The van der Waals surface area contributed by atoms with Gasteiger partial charge in [-0.3, -0.25) is 4.98 Å². The third-order valence-electron chi connectivity index (χ3n) is 4.77. The van der Waals surface area contributed by atoms with Crippen molar-refractivity contribution in [2.75, 3.05) is 6.54 Å². The molecule has 2 nitrogen and oxygen atoms in total. The fourth-order valence-electron chi connectivity index (χ4n) is 3.41. The van der Waals surface area contributed by atoms with Crippen LogP contribution in [-0.4, -0.2) is 11.5 Å². The Bertz CT molecular complexity index is 879. The minimum Gasteiger partial charge on any atom is -0.302 e. The van der Waals surface area contributed by atoms with Crippen molar-refractivity contribution in [1.82, 2.24) is 10.3 Å². The lowest BCUT2D eigenvalue weighted by Crippen LogP contribution is -2.46. The van der Waals surface area contributed by atoms with Gasteiger partial charge in [0.05, 0.1) is 16.8 Å². The predicted molar refractivity (Wildman–Crippen MR) is 105 cm³/mol. The Labute approximate surface area is 163 Å². The maximum absolute atomic E-state index is 13.4. The van der Waals surface area contributed by atoms with Gasteiger partial charge in [0, 0.05) is 12.6 Å². The van der Waals surface area contributed by atoms with Crippen LogP contribution < -0.4 is 5.32 Å². The number of pyridine rings is 1. The first-order valence-corrected chi connectivity index (χ1v) is 9.34. The summed E-state index contributed by atoms with van der Waals surface area (Å²) in [5, 5.41) is 3.51. The van der Waals surface area contributed by atoms with E-state index in [0.717, 1.165) is 18.1 Å². The first-order valence-electron chi connectivity index (χ1n) is 9.34. The number of nitrogens with one attached hydrogen (secondary N) is 1. The van der Waals surface area contributed by atoms with Gasteiger partial charge in [0.2, 0.25) is 0 Å². The van der Waals surface area contributed by atoms with E-state index in [1.807, 2.05) is 55.5 Å². The van der Waals surface area contributed by atoms with Gasteiger partial charge in [-0.05, 0) is 48.4 Å². The van der Waals surface area contributed by atoms with Crippen molar-refractivity contribution in [2.24, 2.45) is 0 Å². The first-order chi connectivity index (χ1) is 13.5. The molecule has 3 rings (SSSR count). The summed E-state index contributed by atoms with van der Waals surface area (Å²) in [5.74, 6) is 0. The fourth-order valence-corrected chi connectivity index (χ4v) is 3.41. The zero-order valence-electron chi connectivity index (χ0n) is 15.7. The van der Waals surface area contributed by atoms with Crippen molar-refractivity contribution in [3.8, 4) is 0 Å². The van der Waals surface area contributed by atoms with E-state index in [-0.39, 0.29) is 0 Å². The molecule has 0 aliphatic carbocycles. The molecule has 146 valence electrons. The number of nitrogens with zero attached hydrogens (tertiary/aromatic N) is 1. The lowest BCUT2D eigenvalue weighted by Gasteiger charge is -2.36. The number of hydrogen-bond acceptors (Lipinski definition) is 2. The molecule has 0 fully saturated rings. The molecule has 1 atom stereocenters. The van der Waals surface area contributed by atoms with Crippen LogP contribution in [0.3, 0.4) is 0 Å². The molecular formula is C23H23F3N2. The van der Waals surface area contributed by atoms with Crippen LogP contribution in [0.5, 0.6) is 0 Å². The minimum atomic E-state index is -4.40. The van der Waals surface area contributed by atoms with Crippen LogP contribution in [0.4, 0.5) is 13.2 Å². The number of aromatic nitrogens is 1. The molecule has 1 heterocycles. The van der Waals surface area contributed by atoms with Gasteiger partial charge < -0.3 is 5.32 Å². The van der Waals surface area contributed by atoms with Crippen LogP contribution in [0.25, 0.3) is 0 Å². The Balaban J connectivity index is 2.19. The van der Waals surface area contributed by atoms with Crippen LogP contribution >= 0.6 is 0 Å². The van der Waals surface area contributed by atoms with E-state index in [0.29, 0.717) is 24.2 Å². The summed E-state index contributed by atoms with van der Waals surface area (Å²) >= 11 is 0. The van der Waals surface area contributed by atoms with E-state index in [2.05, 4.69) is 10.3 Å². The Morgan fingerprint density at radius 3 is 2.21 bits per heavy atom. The molecule has 28 heavy (non-hydrogen) atoms. The monoisotopic (exact) mass is 384 g/mol. The van der Waals surface area contributed by atoms with Gasteiger partial charge in [0.15, 0.2) is 0 Å². The van der Waals surface area contributed by atoms with E-state index in [9.17, 15) is 13.2 Å². The smallest absolute Gasteiger partial charge is 0.302 e. The molecule has 5 heteroatoms. The molecule has 1 aromatic heterocycles. The third kappa shape index (κ3) is 4.42. The maximum Gasteiger partial charge on any atom is 0.416 e. The van der Waals surface area contributed by atoms with E-state index in [1.165, 1.54) is 12.1 Å². The zero-order valence-corrected chi connectivity index (χ0v) is 15.7. The summed E-state index contributed by atoms with van der Waals surface area (Å²) < 4.78 is 40.2. The zero-order chi connectivity index (χ0) is 20.0. The van der Waals surface area contributed by atoms with Crippen molar-refractivity contribution in [2.45, 2.75) is 31.5 Å². The van der Waals surface area contributed by atoms with Crippen molar-refractivity contribution in [3.05, 3.63) is 101 Å². The van der Waals surface area contributed by atoms with Gasteiger partial charge in [-0.2, -0.15) is 13.2 Å². The average molecular weight is 384 g/mol. The molecule has 0 aliphatic heterocycles. The number of hydrogen-bond donors (Lipinski definition) is 1. The normalized spacial score (nSPS) is 13.9. The van der Waals surface area contributed by atoms with Crippen LogP contribution in [0, 0.1) is 0 Å². The van der Waals surface area contributed by atoms with E-state index >= 15 is 0 Å². The highest BCUT2D eigenvalue weighted by Crippen LogP contribution is 2.36. The highest BCUT2D eigenvalue weighted by Gasteiger charge is 2.38. The van der Waals surface area contributed by atoms with Crippen molar-refractivity contribution in [3.63, 3.8) is 0 Å². The molecule has 1 unspecified atom stereocenters. The molecular weight excluding hydrogens is 361 g/mol.